The summed E-state index contributed by atoms with van der Waals surface area (Å²) in [5, 5.41) is 0. The standard InChI is InChI=1S/C16H19NOS/c1-4-13-9-10-14(11-12(13)2)17-19-16-8-6-5-7-15(16)18-3/h5-11,17H,4H2,1-3H3/p+1. The van der Waals surface area contributed by atoms with E-state index in [0.29, 0.717) is 0 Å². The number of hydrogen-bond acceptors (Lipinski definition) is 2. The molecule has 0 bridgehead atoms. The Morgan fingerprint density at radius 3 is 2.63 bits per heavy atom. The van der Waals surface area contributed by atoms with Crippen molar-refractivity contribution in [1.82, 2.24) is 0 Å². The SMILES string of the molecule is CCc1ccc(N[SH+]c2ccccc2OC)cc1C. The van der Waals surface area contributed by atoms with E-state index in [2.05, 4.69) is 42.8 Å². The molecule has 0 heterocycles. The Balaban J connectivity index is 2.08. The summed E-state index contributed by atoms with van der Waals surface area (Å²) in [7, 11) is 1.70. The number of hydrogen-bond donors (Lipinski definition) is 1. The van der Waals surface area contributed by atoms with Gasteiger partial charge >= 0.3 is 0 Å². The van der Waals surface area contributed by atoms with E-state index in [1.54, 1.807) is 7.11 Å². The summed E-state index contributed by atoms with van der Waals surface area (Å²) in [6.45, 7) is 4.34. The first kappa shape index (κ1) is 13.8. The van der Waals surface area contributed by atoms with Crippen LogP contribution in [-0.2, 0) is 18.4 Å². The monoisotopic (exact) mass is 274 g/mol. The van der Waals surface area contributed by atoms with Crippen LogP contribution in [0.5, 0.6) is 5.75 Å². The predicted molar refractivity (Wildman–Crippen MR) is 84.2 cm³/mol. The van der Waals surface area contributed by atoms with Crippen molar-refractivity contribution < 1.29 is 4.74 Å². The van der Waals surface area contributed by atoms with Gasteiger partial charge in [-0.2, -0.15) is 0 Å². The second-order valence-corrected chi connectivity index (χ2v) is 5.32. The van der Waals surface area contributed by atoms with Crippen molar-refractivity contribution in [2.75, 3.05) is 11.8 Å². The molecule has 2 aromatic carbocycles. The molecular formula is C16H20NOS+. The van der Waals surface area contributed by atoms with Crippen molar-refractivity contribution in [2.24, 2.45) is 0 Å². The van der Waals surface area contributed by atoms with Gasteiger partial charge in [-0.3, -0.25) is 0 Å². The maximum atomic E-state index is 5.35. The first-order valence-corrected chi connectivity index (χ1v) is 7.33. The third-order valence-electron chi connectivity index (χ3n) is 3.11. The Hall–Kier alpha value is -1.61. The van der Waals surface area contributed by atoms with Crippen molar-refractivity contribution in [3.63, 3.8) is 0 Å². The Morgan fingerprint density at radius 2 is 1.95 bits per heavy atom. The van der Waals surface area contributed by atoms with Crippen molar-refractivity contribution in [3.8, 4) is 5.75 Å². The van der Waals surface area contributed by atoms with Crippen LogP contribution in [0.25, 0.3) is 0 Å². The predicted octanol–water partition coefficient (Wildman–Crippen LogP) is 3.77. The van der Waals surface area contributed by atoms with Crippen LogP contribution in [0.1, 0.15) is 18.1 Å². The lowest BCUT2D eigenvalue weighted by molar-refractivity contribution is 0.405. The van der Waals surface area contributed by atoms with E-state index >= 15 is 0 Å². The fourth-order valence-corrected chi connectivity index (χ4v) is 2.83. The van der Waals surface area contributed by atoms with Gasteiger partial charge in [0, 0.05) is 0 Å². The molecule has 0 atom stereocenters. The van der Waals surface area contributed by atoms with E-state index in [1.165, 1.54) is 11.1 Å². The Morgan fingerprint density at radius 1 is 1.16 bits per heavy atom. The van der Waals surface area contributed by atoms with Gasteiger partial charge in [-0.05, 0) is 48.7 Å². The van der Waals surface area contributed by atoms with Crippen LogP contribution in [0.4, 0.5) is 5.69 Å². The summed E-state index contributed by atoms with van der Waals surface area (Å²) < 4.78 is 8.77. The summed E-state index contributed by atoms with van der Waals surface area (Å²) in [4.78, 5) is 1.14. The minimum Gasteiger partial charge on any atom is -0.491 e. The van der Waals surface area contributed by atoms with Gasteiger partial charge in [0.15, 0.2) is 5.75 Å². The number of para-hydroxylation sites is 1. The molecular weight excluding hydrogens is 254 g/mol. The Labute approximate surface area is 119 Å². The molecule has 2 rings (SSSR count). The van der Waals surface area contributed by atoms with E-state index in [9.17, 15) is 0 Å². The molecule has 0 aliphatic heterocycles. The number of anilines is 1. The van der Waals surface area contributed by atoms with Crippen molar-refractivity contribution in [3.05, 3.63) is 53.6 Å². The van der Waals surface area contributed by atoms with E-state index in [4.69, 9.17) is 4.74 Å². The second-order valence-electron chi connectivity index (χ2n) is 4.39. The molecule has 2 aromatic rings. The Bertz CT molecular complexity index is 554. The summed E-state index contributed by atoms with van der Waals surface area (Å²) >= 11 is 1.04. The number of methoxy groups -OCH3 is 1. The van der Waals surface area contributed by atoms with Gasteiger partial charge in [-0.15, -0.1) is 0 Å². The number of aryl methyl sites for hydroxylation is 2. The number of benzene rings is 2. The summed E-state index contributed by atoms with van der Waals surface area (Å²) in [5.74, 6) is 0.915. The third-order valence-corrected chi connectivity index (χ3v) is 4.09. The van der Waals surface area contributed by atoms with Gasteiger partial charge in [-0.1, -0.05) is 25.1 Å². The van der Waals surface area contributed by atoms with Gasteiger partial charge in [0.2, 0.25) is 4.90 Å². The second kappa shape index (κ2) is 6.53. The molecule has 0 aliphatic rings. The van der Waals surface area contributed by atoms with Crippen LogP contribution in [0, 0.1) is 6.92 Å². The molecule has 0 amide bonds. The molecule has 0 unspecified atom stereocenters. The lowest BCUT2D eigenvalue weighted by Gasteiger charge is -2.06. The van der Waals surface area contributed by atoms with Crippen molar-refractivity contribution in [2.45, 2.75) is 25.2 Å². The highest BCUT2D eigenvalue weighted by molar-refractivity contribution is 7.80. The van der Waals surface area contributed by atoms with Crippen molar-refractivity contribution in [1.29, 1.82) is 0 Å². The van der Waals surface area contributed by atoms with Crippen molar-refractivity contribution >= 4 is 17.6 Å². The van der Waals surface area contributed by atoms with Gasteiger partial charge in [0.05, 0.1) is 12.8 Å². The molecule has 0 spiro atoms. The molecule has 100 valence electrons. The van der Waals surface area contributed by atoms with E-state index < -0.39 is 0 Å². The van der Waals surface area contributed by atoms with E-state index in [0.717, 1.165) is 34.7 Å². The zero-order valence-electron chi connectivity index (χ0n) is 11.6. The highest BCUT2D eigenvalue weighted by Crippen LogP contribution is 2.21. The molecule has 0 radical (unpaired) electrons. The largest absolute Gasteiger partial charge is 0.491 e. The van der Waals surface area contributed by atoms with Gasteiger partial charge in [0.1, 0.15) is 11.9 Å². The molecule has 19 heavy (non-hydrogen) atoms. The third kappa shape index (κ3) is 3.44. The lowest BCUT2D eigenvalue weighted by atomic mass is 10.1. The van der Waals surface area contributed by atoms with E-state index in [-0.39, 0.29) is 0 Å². The first-order chi connectivity index (χ1) is 9.24. The summed E-state index contributed by atoms with van der Waals surface area (Å²) in [6.07, 6.45) is 1.08. The highest BCUT2D eigenvalue weighted by Gasteiger charge is 2.10. The topological polar surface area (TPSA) is 21.3 Å². The van der Waals surface area contributed by atoms with Crippen LogP contribution in [0.15, 0.2) is 47.4 Å². The molecule has 0 saturated carbocycles. The average molecular weight is 274 g/mol. The minimum atomic E-state index is 0.915. The maximum absolute atomic E-state index is 5.35. The first-order valence-electron chi connectivity index (χ1n) is 6.44. The summed E-state index contributed by atoms with van der Waals surface area (Å²) in [5.41, 5.74) is 3.88. The molecule has 0 aromatic heterocycles. The molecule has 3 heteroatoms. The zero-order chi connectivity index (χ0) is 13.7. The molecule has 1 N–H and O–H groups in total. The van der Waals surface area contributed by atoms with Crippen LogP contribution in [0.3, 0.4) is 0 Å². The van der Waals surface area contributed by atoms with E-state index in [1.807, 2.05) is 18.2 Å². The fraction of sp³-hybridized carbons (Fsp3) is 0.250. The molecule has 0 fully saturated rings. The van der Waals surface area contributed by atoms with Gasteiger partial charge < -0.3 is 4.74 Å². The molecule has 2 nitrogen and oxygen atoms in total. The number of ether oxygens (including phenoxy) is 1. The maximum Gasteiger partial charge on any atom is 0.220 e. The lowest BCUT2D eigenvalue weighted by Crippen LogP contribution is -2.00. The highest BCUT2D eigenvalue weighted by atomic mass is 32.2. The average Bonchev–Trinajstić information content (AvgIpc) is 2.45. The number of rotatable bonds is 5. The number of nitrogens with one attached hydrogen (secondary N) is 1. The van der Waals surface area contributed by atoms with Crippen LogP contribution < -0.4 is 9.46 Å². The van der Waals surface area contributed by atoms with Crippen LogP contribution in [0.2, 0.25) is 0 Å². The minimum absolute atomic E-state index is 0.915. The smallest absolute Gasteiger partial charge is 0.220 e. The zero-order valence-corrected chi connectivity index (χ0v) is 12.5. The quantitative estimate of drug-likeness (QED) is 0.662. The number of thiol groups is 1. The fourth-order valence-electron chi connectivity index (χ4n) is 2.01. The Kier molecular flexibility index (Phi) is 4.74. The van der Waals surface area contributed by atoms with Gasteiger partial charge in [0.25, 0.3) is 0 Å². The molecule has 0 aliphatic carbocycles. The van der Waals surface area contributed by atoms with Crippen LogP contribution >= 0.6 is 0 Å². The normalized spacial score (nSPS) is 10.3. The summed E-state index contributed by atoms with van der Waals surface area (Å²) in [6, 6.07) is 14.6. The molecule has 0 saturated heterocycles. The van der Waals surface area contributed by atoms with Gasteiger partial charge in [-0.25, -0.2) is 4.72 Å². The van der Waals surface area contributed by atoms with Crippen LogP contribution in [-0.4, -0.2) is 7.11 Å².